The largest absolute Gasteiger partial charge is 0.302 e. The smallest absolute Gasteiger partial charge is 0.132 e. The SMILES string of the molecule is CCc1ccc(CN(C)CC2CCC(=O)CC2)cc1. The molecular formula is C17H25NO. The van der Waals surface area contributed by atoms with Gasteiger partial charge in [0.15, 0.2) is 0 Å². The zero-order chi connectivity index (χ0) is 13.7. The highest BCUT2D eigenvalue weighted by molar-refractivity contribution is 5.79. The lowest BCUT2D eigenvalue weighted by atomic mass is 9.88. The van der Waals surface area contributed by atoms with E-state index in [0.29, 0.717) is 11.7 Å². The van der Waals surface area contributed by atoms with Crippen LogP contribution in [0.4, 0.5) is 0 Å². The first kappa shape index (κ1) is 14.3. The Bertz CT molecular complexity index is 400. The van der Waals surface area contributed by atoms with E-state index in [9.17, 15) is 4.79 Å². The molecule has 0 atom stereocenters. The lowest BCUT2D eigenvalue weighted by Gasteiger charge is -2.26. The summed E-state index contributed by atoms with van der Waals surface area (Å²) in [6, 6.07) is 8.92. The topological polar surface area (TPSA) is 20.3 Å². The van der Waals surface area contributed by atoms with E-state index in [1.807, 2.05) is 0 Å². The first-order valence-corrected chi connectivity index (χ1v) is 7.45. The van der Waals surface area contributed by atoms with Crippen molar-refractivity contribution in [2.75, 3.05) is 13.6 Å². The van der Waals surface area contributed by atoms with Crippen LogP contribution >= 0.6 is 0 Å². The molecule has 0 N–H and O–H groups in total. The van der Waals surface area contributed by atoms with Crippen LogP contribution in [0.25, 0.3) is 0 Å². The number of carbonyl (C=O) groups is 1. The number of rotatable bonds is 5. The Morgan fingerprint density at radius 1 is 1.11 bits per heavy atom. The van der Waals surface area contributed by atoms with Gasteiger partial charge in [-0.05, 0) is 43.4 Å². The van der Waals surface area contributed by atoms with Gasteiger partial charge >= 0.3 is 0 Å². The maximum Gasteiger partial charge on any atom is 0.132 e. The van der Waals surface area contributed by atoms with Crippen LogP contribution in [0.1, 0.15) is 43.7 Å². The van der Waals surface area contributed by atoms with Gasteiger partial charge in [0.25, 0.3) is 0 Å². The average molecular weight is 259 g/mol. The van der Waals surface area contributed by atoms with Crippen LogP contribution in [-0.2, 0) is 17.8 Å². The molecule has 1 aliphatic rings. The third-order valence-corrected chi connectivity index (χ3v) is 4.12. The number of benzene rings is 1. The Balaban J connectivity index is 1.79. The fourth-order valence-corrected chi connectivity index (χ4v) is 2.88. The molecule has 2 nitrogen and oxygen atoms in total. The molecule has 0 heterocycles. The zero-order valence-electron chi connectivity index (χ0n) is 12.2. The van der Waals surface area contributed by atoms with E-state index in [1.165, 1.54) is 11.1 Å². The third-order valence-electron chi connectivity index (χ3n) is 4.12. The van der Waals surface area contributed by atoms with Crippen LogP contribution in [0.3, 0.4) is 0 Å². The molecule has 104 valence electrons. The number of Topliss-reactive ketones (excluding diaryl/α,β-unsaturated/α-hetero) is 1. The monoisotopic (exact) mass is 259 g/mol. The van der Waals surface area contributed by atoms with Gasteiger partial charge in [-0.25, -0.2) is 0 Å². The molecule has 1 fully saturated rings. The molecule has 0 radical (unpaired) electrons. The average Bonchev–Trinajstić information content (AvgIpc) is 2.42. The Morgan fingerprint density at radius 2 is 1.68 bits per heavy atom. The number of hydrogen-bond donors (Lipinski definition) is 0. The molecule has 0 aliphatic heterocycles. The summed E-state index contributed by atoms with van der Waals surface area (Å²) < 4.78 is 0. The fraction of sp³-hybridized carbons (Fsp3) is 0.588. The molecule has 0 spiro atoms. The highest BCUT2D eigenvalue weighted by Crippen LogP contribution is 2.22. The summed E-state index contributed by atoms with van der Waals surface area (Å²) >= 11 is 0. The van der Waals surface area contributed by atoms with Crippen molar-refractivity contribution in [3.05, 3.63) is 35.4 Å². The summed E-state index contributed by atoms with van der Waals surface area (Å²) in [6.07, 6.45) is 4.86. The van der Waals surface area contributed by atoms with Crippen LogP contribution in [0.5, 0.6) is 0 Å². The van der Waals surface area contributed by atoms with Gasteiger partial charge in [0.2, 0.25) is 0 Å². The summed E-state index contributed by atoms with van der Waals surface area (Å²) in [5.74, 6) is 1.16. The van der Waals surface area contributed by atoms with E-state index in [4.69, 9.17) is 0 Å². The van der Waals surface area contributed by atoms with E-state index < -0.39 is 0 Å². The molecule has 1 aliphatic carbocycles. The molecular weight excluding hydrogens is 234 g/mol. The normalized spacial score (nSPS) is 17.1. The minimum absolute atomic E-state index is 0.453. The summed E-state index contributed by atoms with van der Waals surface area (Å²) in [4.78, 5) is 13.6. The highest BCUT2D eigenvalue weighted by Gasteiger charge is 2.19. The number of carbonyl (C=O) groups excluding carboxylic acids is 1. The molecule has 0 saturated heterocycles. The standard InChI is InChI=1S/C17H25NO/c1-3-14-4-6-15(7-5-14)12-18(2)13-16-8-10-17(19)11-9-16/h4-7,16H,3,8-13H2,1-2H3. The predicted octanol–water partition coefficient (Wildman–Crippen LogP) is 3.44. The number of hydrogen-bond acceptors (Lipinski definition) is 2. The third kappa shape index (κ3) is 4.46. The van der Waals surface area contributed by atoms with Gasteiger partial charge in [0.05, 0.1) is 0 Å². The Kier molecular flexibility index (Phi) is 5.15. The first-order chi connectivity index (χ1) is 9.17. The van der Waals surface area contributed by atoms with Crippen LogP contribution in [0.15, 0.2) is 24.3 Å². The molecule has 0 unspecified atom stereocenters. The van der Waals surface area contributed by atoms with E-state index >= 15 is 0 Å². The quantitative estimate of drug-likeness (QED) is 0.807. The van der Waals surface area contributed by atoms with Crippen molar-refractivity contribution < 1.29 is 4.79 Å². The Morgan fingerprint density at radius 3 is 2.26 bits per heavy atom. The van der Waals surface area contributed by atoms with Crippen molar-refractivity contribution in [1.82, 2.24) is 4.90 Å². The lowest BCUT2D eigenvalue weighted by molar-refractivity contribution is -0.121. The lowest BCUT2D eigenvalue weighted by Crippen LogP contribution is -2.28. The van der Waals surface area contributed by atoms with Gasteiger partial charge in [0.1, 0.15) is 5.78 Å². The summed E-state index contributed by atoms with van der Waals surface area (Å²) in [5, 5.41) is 0. The molecule has 2 heteroatoms. The van der Waals surface area contributed by atoms with Crippen molar-refractivity contribution in [1.29, 1.82) is 0 Å². The molecule has 19 heavy (non-hydrogen) atoms. The van der Waals surface area contributed by atoms with Crippen LogP contribution in [0.2, 0.25) is 0 Å². The van der Waals surface area contributed by atoms with E-state index in [0.717, 1.165) is 45.2 Å². The minimum atomic E-state index is 0.453. The van der Waals surface area contributed by atoms with Crippen molar-refractivity contribution in [3.63, 3.8) is 0 Å². The molecule has 2 rings (SSSR count). The fourth-order valence-electron chi connectivity index (χ4n) is 2.88. The molecule has 1 saturated carbocycles. The second kappa shape index (κ2) is 6.85. The van der Waals surface area contributed by atoms with Crippen LogP contribution in [-0.4, -0.2) is 24.3 Å². The highest BCUT2D eigenvalue weighted by atomic mass is 16.1. The number of ketones is 1. The molecule has 0 bridgehead atoms. The molecule has 1 aromatic carbocycles. The zero-order valence-corrected chi connectivity index (χ0v) is 12.2. The summed E-state index contributed by atoms with van der Waals surface area (Å²) in [6.45, 7) is 4.31. The Labute approximate surface area is 116 Å². The maximum atomic E-state index is 11.2. The number of nitrogens with zero attached hydrogens (tertiary/aromatic N) is 1. The van der Waals surface area contributed by atoms with Crippen LogP contribution in [0, 0.1) is 5.92 Å². The first-order valence-electron chi connectivity index (χ1n) is 7.45. The van der Waals surface area contributed by atoms with Crippen LogP contribution < -0.4 is 0 Å². The van der Waals surface area contributed by atoms with Gasteiger partial charge in [-0.2, -0.15) is 0 Å². The molecule has 0 aromatic heterocycles. The summed E-state index contributed by atoms with van der Waals surface area (Å²) in [5.41, 5.74) is 2.78. The maximum absolute atomic E-state index is 11.2. The van der Waals surface area contributed by atoms with Crippen molar-refractivity contribution in [2.45, 2.75) is 45.6 Å². The van der Waals surface area contributed by atoms with Gasteiger partial charge in [-0.3, -0.25) is 4.79 Å². The Hall–Kier alpha value is -1.15. The summed E-state index contributed by atoms with van der Waals surface area (Å²) in [7, 11) is 2.18. The second-order valence-corrected chi connectivity index (χ2v) is 5.85. The number of aryl methyl sites for hydroxylation is 1. The van der Waals surface area contributed by atoms with E-state index in [2.05, 4.69) is 43.1 Å². The predicted molar refractivity (Wildman–Crippen MR) is 79.1 cm³/mol. The second-order valence-electron chi connectivity index (χ2n) is 5.85. The van der Waals surface area contributed by atoms with Crippen molar-refractivity contribution in [2.24, 2.45) is 5.92 Å². The minimum Gasteiger partial charge on any atom is -0.302 e. The van der Waals surface area contributed by atoms with Gasteiger partial charge in [-0.15, -0.1) is 0 Å². The van der Waals surface area contributed by atoms with Gasteiger partial charge < -0.3 is 4.90 Å². The van der Waals surface area contributed by atoms with E-state index in [-0.39, 0.29) is 0 Å². The molecule has 0 amide bonds. The molecule has 1 aromatic rings. The van der Waals surface area contributed by atoms with Gasteiger partial charge in [-0.1, -0.05) is 31.2 Å². The van der Waals surface area contributed by atoms with Crippen molar-refractivity contribution >= 4 is 5.78 Å². The van der Waals surface area contributed by atoms with E-state index in [1.54, 1.807) is 0 Å². The van der Waals surface area contributed by atoms with Crippen molar-refractivity contribution in [3.8, 4) is 0 Å². The van der Waals surface area contributed by atoms with Gasteiger partial charge in [0, 0.05) is 25.9 Å².